The number of halogens is 1. The molecule has 1 fully saturated rings. The van der Waals surface area contributed by atoms with Gasteiger partial charge in [-0.3, -0.25) is 15.1 Å². The van der Waals surface area contributed by atoms with Gasteiger partial charge in [0.25, 0.3) is 5.91 Å². The zero-order valence-electron chi connectivity index (χ0n) is 16.7. The zero-order valence-corrected chi connectivity index (χ0v) is 17.4. The third-order valence-electron chi connectivity index (χ3n) is 5.33. The molecule has 0 saturated carbocycles. The molecule has 1 saturated heterocycles. The Balaban J connectivity index is 1.65. The SMILES string of the molecule is CC(C)N(C(=O)c1ccc2nc[nH]c2c1)N1CCNC(Cl)C1Cc1ccccc1. The lowest BCUT2D eigenvalue weighted by atomic mass is 10.0. The molecular weight excluding hydrogens is 386 g/mol. The normalized spacial score (nSPS) is 20.3. The van der Waals surface area contributed by atoms with Crippen LogP contribution in [0.2, 0.25) is 0 Å². The van der Waals surface area contributed by atoms with Gasteiger partial charge in [-0.1, -0.05) is 30.3 Å². The first-order chi connectivity index (χ1) is 14.0. The Bertz CT molecular complexity index is 974. The van der Waals surface area contributed by atoms with Gasteiger partial charge in [0, 0.05) is 24.7 Å². The van der Waals surface area contributed by atoms with Gasteiger partial charge in [-0.25, -0.2) is 9.99 Å². The molecule has 0 spiro atoms. The first kappa shape index (κ1) is 19.9. The second kappa shape index (κ2) is 8.53. The Labute approximate surface area is 175 Å². The van der Waals surface area contributed by atoms with Crippen molar-refractivity contribution in [2.75, 3.05) is 13.1 Å². The number of nitrogens with one attached hydrogen (secondary N) is 2. The number of piperazine rings is 1. The Hall–Kier alpha value is -2.41. The number of aromatic nitrogens is 2. The van der Waals surface area contributed by atoms with Crippen molar-refractivity contribution < 1.29 is 4.79 Å². The summed E-state index contributed by atoms with van der Waals surface area (Å²) in [6.07, 6.45) is 2.40. The van der Waals surface area contributed by atoms with Crippen molar-refractivity contribution in [1.82, 2.24) is 25.3 Å². The van der Waals surface area contributed by atoms with Crippen LogP contribution in [0.25, 0.3) is 11.0 Å². The van der Waals surface area contributed by atoms with Crippen molar-refractivity contribution in [3.05, 3.63) is 66.0 Å². The fourth-order valence-corrected chi connectivity index (χ4v) is 4.28. The summed E-state index contributed by atoms with van der Waals surface area (Å²) < 4.78 is 0. The number of carbonyl (C=O) groups excluding carboxylic acids is 1. The maximum Gasteiger partial charge on any atom is 0.268 e. The van der Waals surface area contributed by atoms with E-state index >= 15 is 0 Å². The van der Waals surface area contributed by atoms with E-state index in [1.54, 1.807) is 6.33 Å². The minimum atomic E-state index is -0.243. The third-order valence-corrected chi connectivity index (χ3v) is 5.77. The highest BCUT2D eigenvalue weighted by Crippen LogP contribution is 2.24. The van der Waals surface area contributed by atoms with E-state index in [1.807, 2.05) is 55.3 Å². The number of hydrogen-bond acceptors (Lipinski definition) is 4. The smallest absolute Gasteiger partial charge is 0.268 e. The van der Waals surface area contributed by atoms with E-state index in [2.05, 4.69) is 32.4 Å². The molecule has 2 aromatic carbocycles. The third kappa shape index (κ3) is 4.15. The number of nitrogens with zero attached hydrogens (tertiary/aromatic N) is 3. The van der Waals surface area contributed by atoms with E-state index in [1.165, 1.54) is 5.56 Å². The van der Waals surface area contributed by atoms with Crippen LogP contribution < -0.4 is 5.32 Å². The molecular formula is C22H26ClN5O. The molecule has 2 unspecified atom stereocenters. The van der Waals surface area contributed by atoms with Gasteiger partial charge in [0.15, 0.2) is 0 Å². The van der Waals surface area contributed by atoms with E-state index in [9.17, 15) is 4.79 Å². The number of aromatic amines is 1. The molecule has 152 valence electrons. The van der Waals surface area contributed by atoms with Crippen LogP contribution in [0.4, 0.5) is 0 Å². The molecule has 0 radical (unpaired) electrons. The number of imidazole rings is 1. The summed E-state index contributed by atoms with van der Waals surface area (Å²) in [5.74, 6) is -0.0275. The standard InChI is InChI=1S/C22H26ClN5O/c1-15(2)28(22(29)17-8-9-18-19(13-17)26-14-25-18)27-11-10-24-21(23)20(27)12-16-6-4-3-5-7-16/h3-9,13-15,20-21,24H,10-12H2,1-2H3,(H,25,26). The number of hydrazine groups is 1. The molecule has 2 atom stereocenters. The molecule has 1 amide bonds. The molecule has 2 N–H and O–H groups in total. The van der Waals surface area contributed by atoms with Crippen LogP contribution in [-0.2, 0) is 6.42 Å². The number of hydrogen-bond donors (Lipinski definition) is 2. The summed E-state index contributed by atoms with van der Waals surface area (Å²) in [5, 5.41) is 7.35. The zero-order chi connectivity index (χ0) is 20.4. The van der Waals surface area contributed by atoms with Crippen molar-refractivity contribution >= 4 is 28.5 Å². The first-order valence-corrected chi connectivity index (χ1v) is 10.4. The van der Waals surface area contributed by atoms with E-state index in [-0.39, 0.29) is 23.5 Å². The summed E-state index contributed by atoms with van der Waals surface area (Å²) in [6, 6.07) is 15.8. The summed E-state index contributed by atoms with van der Waals surface area (Å²) >= 11 is 6.69. The summed E-state index contributed by atoms with van der Waals surface area (Å²) in [5.41, 5.74) is 3.30. The minimum Gasteiger partial charge on any atom is -0.345 e. The van der Waals surface area contributed by atoms with Gasteiger partial charge in [-0.2, -0.15) is 0 Å². The second-order valence-corrected chi connectivity index (χ2v) is 8.12. The molecule has 29 heavy (non-hydrogen) atoms. The van der Waals surface area contributed by atoms with E-state index < -0.39 is 0 Å². The van der Waals surface area contributed by atoms with Crippen LogP contribution in [0.1, 0.15) is 29.8 Å². The maximum atomic E-state index is 13.5. The number of H-pyrrole nitrogens is 1. The highest BCUT2D eigenvalue weighted by molar-refractivity contribution is 6.20. The number of amides is 1. The predicted molar refractivity (Wildman–Crippen MR) is 116 cm³/mol. The lowest BCUT2D eigenvalue weighted by molar-refractivity contribution is -0.0699. The summed E-state index contributed by atoms with van der Waals surface area (Å²) in [6.45, 7) is 5.53. The molecule has 4 rings (SSSR count). The average Bonchev–Trinajstić information content (AvgIpc) is 3.19. The average molecular weight is 412 g/mol. The van der Waals surface area contributed by atoms with Gasteiger partial charge in [-0.15, -0.1) is 11.6 Å². The van der Waals surface area contributed by atoms with Crippen LogP contribution in [0.15, 0.2) is 54.9 Å². The second-order valence-electron chi connectivity index (χ2n) is 7.65. The number of rotatable bonds is 5. The van der Waals surface area contributed by atoms with Crippen LogP contribution in [0.5, 0.6) is 0 Å². The van der Waals surface area contributed by atoms with Gasteiger partial charge in [-0.05, 0) is 44.0 Å². The molecule has 1 aromatic heterocycles. The maximum absolute atomic E-state index is 13.5. The fraction of sp³-hybridized carbons (Fsp3) is 0.364. The van der Waals surface area contributed by atoms with E-state index in [0.29, 0.717) is 5.56 Å². The van der Waals surface area contributed by atoms with Crippen LogP contribution in [-0.4, -0.2) is 56.6 Å². The molecule has 0 bridgehead atoms. The van der Waals surface area contributed by atoms with Crippen molar-refractivity contribution in [2.24, 2.45) is 0 Å². The number of fused-ring (bicyclic) bond motifs is 1. The molecule has 1 aliphatic heterocycles. The Morgan fingerprint density at radius 2 is 2.07 bits per heavy atom. The van der Waals surface area contributed by atoms with Gasteiger partial charge < -0.3 is 4.98 Å². The van der Waals surface area contributed by atoms with Crippen molar-refractivity contribution in [2.45, 2.75) is 37.9 Å². The van der Waals surface area contributed by atoms with Crippen molar-refractivity contribution in [3.8, 4) is 0 Å². The first-order valence-electron chi connectivity index (χ1n) is 9.99. The van der Waals surface area contributed by atoms with Crippen LogP contribution in [0.3, 0.4) is 0 Å². The van der Waals surface area contributed by atoms with Gasteiger partial charge in [0.1, 0.15) is 5.50 Å². The topological polar surface area (TPSA) is 64.3 Å². The Kier molecular flexibility index (Phi) is 5.85. The van der Waals surface area contributed by atoms with Crippen molar-refractivity contribution in [1.29, 1.82) is 0 Å². The number of benzene rings is 2. The van der Waals surface area contributed by atoms with Crippen LogP contribution in [0, 0.1) is 0 Å². The largest absolute Gasteiger partial charge is 0.345 e. The summed E-state index contributed by atoms with van der Waals surface area (Å²) in [4.78, 5) is 20.9. The molecule has 7 heteroatoms. The predicted octanol–water partition coefficient (Wildman–Crippen LogP) is 3.41. The minimum absolute atomic E-state index is 0.000189. The fourth-order valence-electron chi connectivity index (χ4n) is 3.95. The summed E-state index contributed by atoms with van der Waals surface area (Å²) in [7, 11) is 0. The Morgan fingerprint density at radius 3 is 2.83 bits per heavy atom. The molecule has 0 aliphatic carbocycles. The highest BCUT2D eigenvalue weighted by atomic mass is 35.5. The van der Waals surface area contributed by atoms with Gasteiger partial charge in [0.05, 0.1) is 23.4 Å². The molecule has 2 heterocycles. The van der Waals surface area contributed by atoms with E-state index in [0.717, 1.165) is 30.5 Å². The molecule has 3 aromatic rings. The molecule has 6 nitrogen and oxygen atoms in total. The number of alkyl halides is 1. The van der Waals surface area contributed by atoms with E-state index in [4.69, 9.17) is 11.6 Å². The highest BCUT2D eigenvalue weighted by Gasteiger charge is 2.37. The monoisotopic (exact) mass is 411 g/mol. The lowest BCUT2D eigenvalue weighted by Gasteiger charge is -2.47. The number of carbonyl (C=O) groups is 1. The lowest BCUT2D eigenvalue weighted by Crippen LogP contribution is -2.64. The van der Waals surface area contributed by atoms with Gasteiger partial charge >= 0.3 is 0 Å². The van der Waals surface area contributed by atoms with Gasteiger partial charge in [0.2, 0.25) is 0 Å². The Morgan fingerprint density at radius 1 is 1.28 bits per heavy atom. The quantitative estimate of drug-likeness (QED) is 0.499. The van der Waals surface area contributed by atoms with Crippen molar-refractivity contribution in [3.63, 3.8) is 0 Å². The molecule has 1 aliphatic rings. The van der Waals surface area contributed by atoms with Crippen LogP contribution >= 0.6 is 11.6 Å².